The van der Waals surface area contributed by atoms with E-state index < -0.39 is 0 Å². The maximum absolute atomic E-state index is 12.4. The molecule has 0 atom stereocenters. The highest BCUT2D eigenvalue weighted by Crippen LogP contribution is 2.19. The topological polar surface area (TPSA) is 61.9 Å². The SMILES string of the molecule is Cc1cc(C)cc(C(=O)NCC(=O)N2CCC(CN3CCOCC3)CC2)c1. The Morgan fingerprint density at radius 3 is 2.30 bits per heavy atom. The van der Waals surface area contributed by atoms with Crippen LogP contribution in [0.25, 0.3) is 0 Å². The zero-order chi connectivity index (χ0) is 19.2. The minimum absolute atomic E-state index is 0.0116. The number of amides is 2. The van der Waals surface area contributed by atoms with Crippen LogP contribution in [0, 0.1) is 19.8 Å². The van der Waals surface area contributed by atoms with Gasteiger partial charge in [-0.05, 0) is 44.7 Å². The summed E-state index contributed by atoms with van der Waals surface area (Å²) in [4.78, 5) is 29.1. The normalized spacial score (nSPS) is 19.1. The van der Waals surface area contributed by atoms with Crippen molar-refractivity contribution < 1.29 is 14.3 Å². The van der Waals surface area contributed by atoms with E-state index in [1.54, 1.807) is 0 Å². The van der Waals surface area contributed by atoms with Gasteiger partial charge in [-0.1, -0.05) is 17.2 Å². The molecular weight excluding hydrogens is 342 g/mol. The number of morpholine rings is 1. The number of piperidine rings is 1. The average molecular weight is 373 g/mol. The van der Waals surface area contributed by atoms with Crippen molar-refractivity contribution in [3.8, 4) is 0 Å². The molecule has 0 aliphatic carbocycles. The first kappa shape index (κ1) is 19.8. The molecule has 0 radical (unpaired) electrons. The van der Waals surface area contributed by atoms with Crippen LogP contribution < -0.4 is 5.32 Å². The maximum atomic E-state index is 12.4. The van der Waals surface area contributed by atoms with E-state index in [0.717, 1.165) is 69.9 Å². The van der Waals surface area contributed by atoms with Crippen molar-refractivity contribution in [3.05, 3.63) is 34.9 Å². The van der Waals surface area contributed by atoms with Crippen molar-refractivity contribution in [2.75, 3.05) is 52.5 Å². The number of rotatable bonds is 5. The molecule has 2 saturated heterocycles. The van der Waals surface area contributed by atoms with Gasteiger partial charge in [0.2, 0.25) is 5.91 Å². The number of aryl methyl sites for hydroxylation is 2. The number of nitrogens with zero attached hydrogens (tertiary/aromatic N) is 2. The Kier molecular flexibility index (Phi) is 6.85. The van der Waals surface area contributed by atoms with E-state index in [-0.39, 0.29) is 18.4 Å². The van der Waals surface area contributed by atoms with Crippen molar-refractivity contribution in [1.29, 1.82) is 0 Å². The van der Waals surface area contributed by atoms with E-state index in [2.05, 4.69) is 10.2 Å². The molecule has 148 valence electrons. The van der Waals surface area contributed by atoms with Crippen LogP contribution in [0.5, 0.6) is 0 Å². The van der Waals surface area contributed by atoms with E-state index in [0.29, 0.717) is 11.5 Å². The molecule has 3 rings (SSSR count). The molecule has 1 aromatic rings. The van der Waals surface area contributed by atoms with Gasteiger partial charge in [0.25, 0.3) is 5.91 Å². The first-order chi connectivity index (χ1) is 13.0. The number of likely N-dealkylation sites (tertiary alicyclic amines) is 1. The average Bonchev–Trinajstić information content (AvgIpc) is 2.66. The fraction of sp³-hybridized carbons (Fsp3) is 0.619. The van der Waals surface area contributed by atoms with Gasteiger partial charge >= 0.3 is 0 Å². The van der Waals surface area contributed by atoms with Gasteiger partial charge in [0, 0.05) is 38.3 Å². The van der Waals surface area contributed by atoms with Crippen LogP contribution >= 0.6 is 0 Å². The largest absolute Gasteiger partial charge is 0.379 e. The van der Waals surface area contributed by atoms with Gasteiger partial charge in [0.15, 0.2) is 0 Å². The molecule has 0 unspecified atom stereocenters. The maximum Gasteiger partial charge on any atom is 0.251 e. The van der Waals surface area contributed by atoms with Crippen LogP contribution in [0.3, 0.4) is 0 Å². The van der Waals surface area contributed by atoms with Crippen LogP contribution in [-0.4, -0.2) is 74.1 Å². The summed E-state index contributed by atoms with van der Waals surface area (Å²) >= 11 is 0. The fourth-order valence-corrected chi connectivity index (χ4v) is 3.99. The molecule has 2 aliphatic rings. The zero-order valence-electron chi connectivity index (χ0n) is 16.5. The Hall–Kier alpha value is -1.92. The summed E-state index contributed by atoms with van der Waals surface area (Å²) in [7, 11) is 0. The lowest BCUT2D eigenvalue weighted by atomic mass is 9.96. The molecule has 0 spiro atoms. The van der Waals surface area contributed by atoms with E-state index in [1.165, 1.54) is 0 Å². The minimum atomic E-state index is -0.183. The number of ether oxygens (including phenoxy) is 1. The number of hydrogen-bond acceptors (Lipinski definition) is 4. The Morgan fingerprint density at radius 2 is 1.67 bits per heavy atom. The summed E-state index contributed by atoms with van der Waals surface area (Å²) in [5.74, 6) is 0.479. The number of carbonyl (C=O) groups is 2. The standard InChI is InChI=1S/C21H31N3O3/c1-16-11-17(2)13-19(12-16)21(26)22-14-20(25)24-5-3-18(4-6-24)15-23-7-9-27-10-8-23/h11-13,18H,3-10,14-15H2,1-2H3,(H,22,26). The van der Waals surface area contributed by atoms with Crippen LogP contribution in [0.15, 0.2) is 18.2 Å². The van der Waals surface area contributed by atoms with E-state index in [1.807, 2.05) is 36.9 Å². The lowest BCUT2D eigenvalue weighted by Crippen LogP contribution is -2.46. The molecule has 2 heterocycles. The van der Waals surface area contributed by atoms with Gasteiger partial charge in [-0.3, -0.25) is 14.5 Å². The molecular formula is C21H31N3O3. The summed E-state index contributed by atoms with van der Waals surface area (Å²) in [5, 5.41) is 2.78. The van der Waals surface area contributed by atoms with Crippen molar-refractivity contribution in [2.45, 2.75) is 26.7 Å². The van der Waals surface area contributed by atoms with Crippen molar-refractivity contribution in [3.63, 3.8) is 0 Å². The number of nitrogens with one attached hydrogen (secondary N) is 1. The summed E-state index contributed by atoms with van der Waals surface area (Å²) in [6.45, 7) is 10.4. The Balaban J connectivity index is 1.40. The van der Waals surface area contributed by atoms with Crippen LogP contribution in [0.4, 0.5) is 0 Å². The zero-order valence-corrected chi connectivity index (χ0v) is 16.5. The summed E-state index contributed by atoms with van der Waals surface area (Å²) in [5.41, 5.74) is 2.71. The third-order valence-electron chi connectivity index (χ3n) is 5.47. The summed E-state index contributed by atoms with van der Waals surface area (Å²) in [6, 6.07) is 5.73. The Labute approximate surface area is 161 Å². The van der Waals surface area contributed by atoms with E-state index >= 15 is 0 Å². The molecule has 2 fully saturated rings. The van der Waals surface area contributed by atoms with Crippen molar-refractivity contribution >= 4 is 11.8 Å². The first-order valence-electron chi connectivity index (χ1n) is 9.95. The fourth-order valence-electron chi connectivity index (χ4n) is 3.99. The molecule has 2 amide bonds. The number of hydrogen-bond donors (Lipinski definition) is 1. The first-order valence-corrected chi connectivity index (χ1v) is 9.95. The predicted octanol–water partition coefficient (Wildman–Crippen LogP) is 1.60. The second-order valence-electron chi connectivity index (χ2n) is 7.80. The molecule has 1 N–H and O–H groups in total. The van der Waals surface area contributed by atoms with Crippen LogP contribution in [0.1, 0.15) is 34.3 Å². The molecule has 0 aromatic heterocycles. The Morgan fingerprint density at radius 1 is 1.04 bits per heavy atom. The molecule has 2 aliphatic heterocycles. The smallest absolute Gasteiger partial charge is 0.251 e. The number of carbonyl (C=O) groups excluding carboxylic acids is 2. The predicted molar refractivity (Wildman–Crippen MR) is 105 cm³/mol. The van der Waals surface area contributed by atoms with Gasteiger partial charge in [-0.15, -0.1) is 0 Å². The minimum Gasteiger partial charge on any atom is -0.379 e. The van der Waals surface area contributed by atoms with Gasteiger partial charge in [0.1, 0.15) is 0 Å². The van der Waals surface area contributed by atoms with E-state index in [9.17, 15) is 9.59 Å². The molecule has 6 nitrogen and oxygen atoms in total. The summed E-state index contributed by atoms with van der Waals surface area (Å²) in [6.07, 6.45) is 2.07. The van der Waals surface area contributed by atoms with E-state index in [4.69, 9.17) is 4.74 Å². The van der Waals surface area contributed by atoms with Gasteiger partial charge in [-0.25, -0.2) is 0 Å². The monoisotopic (exact) mass is 373 g/mol. The lowest BCUT2D eigenvalue weighted by molar-refractivity contribution is -0.131. The van der Waals surface area contributed by atoms with Gasteiger partial charge in [0.05, 0.1) is 19.8 Å². The number of benzene rings is 1. The summed E-state index contributed by atoms with van der Waals surface area (Å²) < 4.78 is 5.40. The third-order valence-corrected chi connectivity index (χ3v) is 5.47. The lowest BCUT2D eigenvalue weighted by Gasteiger charge is -2.36. The quantitative estimate of drug-likeness (QED) is 0.852. The highest BCUT2D eigenvalue weighted by Gasteiger charge is 2.25. The second kappa shape index (κ2) is 9.33. The van der Waals surface area contributed by atoms with Gasteiger partial charge in [-0.2, -0.15) is 0 Å². The van der Waals surface area contributed by atoms with Crippen LogP contribution in [0.2, 0.25) is 0 Å². The second-order valence-corrected chi connectivity index (χ2v) is 7.80. The van der Waals surface area contributed by atoms with Crippen molar-refractivity contribution in [2.24, 2.45) is 5.92 Å². The van der Waals surface area contributed by atoms with Crippen molar-refractivity contribution in [1.82, 2.24) is 15.1 Å². The molecule has 0 saturated carbocycles. The molecule has 0 bridgehead atoms. The molecule has 1 aromatic carbocycles. The van der Waals surface area contributed by atoms with Gasteiger partial charge < -0.3 is 15.0 Å². The molecule has 27 heavy (non-hydrogen) atoms. The third kappa shape index (κ3) is 5.78. The molecule has 6 heteroatoms. The Bertz CT molecular complexity index is 642. The highest BCUT2D eigenvalue weighted by atomic mass is 16.5. The van der Waals surface area contributed by atoms with Crippen LogP contribution in [-0.2, 0) is 9.53 Å². The highest BCUT2D eigenvalue weighted by molar-refractivity contribution is 5.96.